The summed E-state index contributed by atoms with van der Waals surface area (Å²) in [4.78, 5) is 25.2. The Labute approximate surface area is 187 Å². The lowest BCUT2D eigenvalue weighted by Gasteiger charge is -2.33. The topological polar surface area (TPSA) is 67.3 Å². The summed E-state index contributed by atoms with van der Waals surface area (Å²) in [5.41, 5.74) is 5.35. The van der Waals surface area contributed by atoms with Crippen molar-refractivity contribution in [3.8, 4) is 0 Å². The molecule has 6 nitrogen and oxygen atoms in total. The number of thiazole rings is 1. The van der Waals surface area contributed by atoms with Crippen LogP contribution in [0.5, 0.6) is 0 Å². The van der Waals surface area contributed by atoms with Gasteiger partial charge in [-0.3, -0.25) is 4.79 Å². The average molecular weight is 437 g/mol. The van der Waals surface area contributed by atoms with Crippen molar-refractivity contribution < 1.29 is 9.53 Å². The van der Waals surface area contributed by atoms with E-state index < -0.39 is 0 Å². The molecule has 7 heteroatoms. The molecule has 1 N–H and O–H groups in total. The van der Waals surface area contributed by atoms with Crippen molar-refractivity contribution in [2.45, 2.75) is 40.2 Å². The second kappa shape index (κ2) is 9.16. The molecular weight excluding hydrogens is 408 g/mol. The van der Waals surface area contributed by atoms with E-state index in [0.29, 0.717) is 26.1 Å². The van der Waals surface area contributed by atoms with Crippen molar-refractivity contribution in [1.82, 2.24) is 14.9 Å². The second-order valence-corrected chi connectivity index (χ2v) is 9.23. The van der Waals surface area contributed by atoms with Crippen LogP contribution in [0.25, 0.3) is 0 Å². The van der Waals surface area contributed by atoms with Gasteiger partial charge >= 0.3 is 0 Å². The highest BCUT2D eigenvalue weighted by Crippen LogP contribution is 2.26. The van der Waals surface area contributed by atoms with Crippen LogP contribution in [-0.2, 0) is 16.0 Å². The second-order valence-electron chi connectivity index (χ2n) is 8.03. The maximum absolute atomic E-state index is 12.9. The molecule has 31 heavy (non-hydrogen) atoms. The zero-order valence-corrected chi connectivity index (χ0v) is 19.3. The minimum absolute atomic E-state index is 0.125. The van der Waals surface area contributed by atoms with E-state index >= 15 is 0 Å². The number of rotatable bonds is 5. The van der Waals surface area contributed by atoms with Crippen LogP contribution < -0.4 is 5.32 Å². The molecule has 2 aromatic heterocycles. The van der Waals surface area contributed by atoms with Gasteiger partial charge in [0.25, 0.3) is 0 Å². The number of amides is 1. The fourth-order valence-electron chi connectivity index (χ4n) is 3.59. The molecule has 3 aromatic rings. The first kappa shape index (κ1) is 21.5. The number of carbonyl (C=O) groups excluding carboxylic acids is 1. The summed E-state index contributed by atoms with van der Waals surface area (Å²) in [5.74, 6) is 0.855. The Morgan fingerprint density at radius 3 is 2.74 bits per heavy atom. The first-order valence-corrected chi connectivity index (χ1v) is 11.3. The summed E-state index contributed by atoms with van der Waals surface area (Å²) >= 11 is 1.61. The third-order valence-electron chi connectivity index (χ3n) is 5.71. The number of carbonyl (C=O) groups is 1. The van der Waals surface area contributed by atoms with Crippen LogP contribution in [0.2, 0.25) is 0 Å². The lowest BCUT2D eigenvalue weighted by molar-refractivity contribution is -0.138. The number of aromatic nitrogens is 2. The van der Waals surface area contributed by atoms with E-state index in [1.165, 1.54) is 16.0 Å². The number of aryl methyl sites for hydroxylation is 4. The standard InChI is InChI=1S/C24H28N4O2S/c1-15-8-9-19(12-16(15)2)13-23(29)28-10-11-30-21(14-28)20-6-5-7-22(26-20)27-24-25-17(3)18(4)31-24/h5-9,12,21H,10-11,13-14H2,1-4H3,(H,25,26,27)/t21-/m1/s1. The van der Waals surface area contributed by atoms with Crippen LogP contribution in [0.15, 0.2) is 36.4 Å². The Kier molecular flexibility index (Phi) is 6.34. The van der Waals surface area contributed by atoms with Crippen LogP contribution in [-0.4, -0.2) is 40.5 Å². The fraction of sp³-hybridized carbons (Fsp3) is 0.375. The fourth-order valence-corrected chi connectivity index (χ4v) is 4.41. The highest BCUT2D eigenvalue weighted by atomic mass is 32.1. The Bertz CT molecular complexity index is 1080. The van der Waals surface area contributed by atoms with Gasteiger partial charge in [0.2, 0.25) is 5.91 Å². The lowest BCUT2D eigenvalue weighted by atomic mass is 10.0. The zero-order valence-electron chi connectivity index (χ0n) is 18.4. The molecule has 3 heterocycles. The van der Waals surface area contributed by atoms with Gasteiger partial charge in [0.05, 0.1) is 31.0 Å². The Hall–Kier alpha value is -2.77. The van der Waals surface area contributed by atoms with Crippen LogP contribution in [0.4, 0.5) is 10.9 Å². The van der Waals surface area contributed by atoms with Crippen LogP contribution >= 0.6 is 11.3 Å². The molecule has 1 aliphatic rings. The molecule has 0 unspecified atom stereocenters. The highest BCUT2D eigenvalue weighted by molar-refractivity contribution is 7.15. The highest BCUT2D eigenvalue weighted by Gasteiger charge is 2.26. The molecule has 0 spiro atoms. The summed E-state index contributed by atoms with van der Waals surface area (Å²) < 4.78 is 5.96. The van der Waals surface area contributed by atoms with E-state index in [0.717, 1.165) is 27.9 Å². The Balaban J connectivity index is 1.43. The molecule has 1 saturated heterocycles. The molecule has 1 fully saturated rings. The summed E-state index contributed by atoms with van der Waals surface area (Å²) in [6.45, 7) is 9.84. The lowest BCUT2D eigenvalue weighted by Crippen LogP contribution is -2.43. The van der Waals surface area contributed by atoms with Crippen molar-refractivity contribution in [3.05, 3.63) is 69.4 Å². The van der Waals surface area contributed by atoms with Crippen molar-refractivity contribution in [3.63, 3.8) is 0 Å². The van der Waals surface area contributed by atoms with Crippen molar-refractivity contribution in [2.75, 3.05) is 25.0 Å². The predicted molar refractivity (Wildman–Crippen MR) is 124 cm³/mol. The number of pyridine rings is 1. The number of hydrogen-bond acceptors (Lipinski definition) is 6. The summed E-state index contributed by atoms with van der Waals surface area (Å²) in [6.07, 6.45) is 0.171. The molecule has 1 aromatic carbocycles. The maximum atomic E-state index is 12.9. The van der Waals surface area contributed by atoms with E-state index in [9.17, 15) is 4.79 Å². The summed E-state index contributed by atoms with van der Waals surface area (Å²) in [7, 11) is 0. The van der Waals surface area contributed by atoms with Crippen molar-refractivity contribution >= 4 is 28.2 Å². The van der Waals surface area contributed by atoms with Gasteiger partial charge in [-0.1, -0.05) is 24.3 Å². The molecule has 0 saturated carbocycles. The molecule has 4 rings (SSSR count). The van der Waals surface area contributed by atoms with Crippen LogP contribution in [0.3, 0.4) is 0 Å². The largest absolute Gasteiger partial charge is 0.368 e. The number of benzene rings is 1. The Morgan fingerprint density at radius 2 is 2.00 bits per heavy atom. The van der Waals surface area contributed by atoms with E-state index in [1.54, 1.807) is 11.3 Å². The SMILES string of the molecule is Cc1ccc(CC(=O)N2CCO[C@@H](c3cccc(Nc4nc(C)c(C)s4)n3)C2)cc1C. The number of nitrogens with zero attached hydrogens (tertiary/aromatic N) is 3. The van der Waals surface area contributed by atoms with Gasteiger partial charge in [0, 0.05) is 11.4 Å². The number of anilines is 2. The quantitative estimate of drug-likeness (QED) is 0.630. The van der Waals surface area contributed by atoms with Crippen molar-refractivity contribution in [2.24, 2.45) is 0 Å². The monoisotopic (exact) mass is 436 g/mol. The predicted octanol–water partition coefficient (Wildman–Crippen LogP) is 4.66. The smallest absolute Gasteiger partial charge is 0.227 e. The summed E-state index contributed by atoms with van der Waals surface area (Å²) in [6, 6.07) is 12.0. The third kappa shape index (κ3) is 5.11. The van der Waals surface area contributed by atoms with Gasteiger partial charge in [-0.15, -0.1) is 11.3 Å². The molecule has 162 valence electrons. The normalized spacial score (nSPS) is 16.4. The van der Waals surface area contributed by atoms with E-state index in [-0.39, 0.29) is 12.0 Å². The molecule has 0 radical (unpaired) electrons. The van der Waals surface area contributed by atoms with Crippen LogP contribution in [0.1, 0.15) is 39.1 Å². The van der Waals surface area contributed by atoms with Gasteiger partial charge in [-0.05, 0) is 56.5 Å². The number of morpholine rings is 1. The minimum Gasteiger partial charge on any atom is -0.368 e. The summed E-state index contributed by atoms with van der Waals surface area (Å²) in [5, 5.41) is 4.11. The molecule has 0 bridgehead atoms. The number of hydrogen-bond donors (Lipinski definition) is 1. The average Bonchev–Trinajstić information content (AvgIpc) is 3.07. The third-order valence-corrected chi connectivity index (χ3v) is 6.70. The van der Waals surface area contributed by atoms with E-state index in [2.05, 4.69) is 43.2 Å². The first-order valence-electron chi connectivity index (χ1n) is 10.5. The first-order chi connectivity index (χ1) is 14.9. The molecular formula is C24H28N4O2S. The number of nitrogens with one attached hydrogen (secondary N) is 1. The minimum atomic E-state index is -0.237. The van der Waals surface area contributed by atoms with Crippen molar-refractivity contribution in [1.29, 1.82) is 0 Å². The molecule has 1 atom stereocenters. The Morgan fingerprint density at radius 1 is 1.16 bits per heavy atom. The van der Waals surface area contributed by atoms with E-state index in [1.807, 2.05) is 36.1 Å². The van der Waals surface area contributed by atoms with Gasteiger partial charge in [0.1, 0.15) is 11.9 Å². The van der Waals surface area contributed by atoms with Gasteiger partial charge in [-0.2, -0.15) is 0 Å². The molecule has 1 aliphatic heterocycles. The van der Waals surface area contributed by atoms with Crippen LogP contribution in [0, 0.1) is 27.7 Å². The van der Waals surface area contributed by atoms with Gasteiger partial charge < -0.3 is 15.0 Å². The number of ether oxygens (including phenoxy) is 1. The van der Waals surface area contributed by atoms with Gasteiger partial charge in [-0.25, -0.2) is 9.97 Å². The van der Waals surface area contributed by atoms with Gasteiger partial charge in [0.15, 0.2) is 5.13 Å². The van der Waals surface area contributed by atoms with E-state index in [4.69, 9.17) is 9.72 Å². The maximum Gasteiger partial charge on any atom is 0.227 e. The zero-order chi connectivity index (χ0) is 22.0. The molecule has 1 amide bonds. The molecule has 0 aliphatic carbocycles.